The van der Waals surface area contributed by atoms with Crippen LogP contribution < -0.4 is 10.6 Å². The van der Waals surface area contributed by atoms with Crippen molar-refractivity contribution in [1.29, 1.82) is 5.26 Å². The predicted molar refractivity (Wildman–Crippen MR) is 88.4 cm³/mol. The molecule has 1 saturated carbocycles. The van der Waals surface area contributed by atoms with Crippen LogP contribution in [0.15, 0.2) is 17.1 Å². The van der Waals surface area contributed by atoms with Gasteiger partial charge in [-0.2, -0.15) is 10.4 Å². The first-order valence-corrected chi connectivity index (χ1v) is 8.35. The lowest BCUT2D eigenvalue weighted by molar-refractivity contribution is 0.405. The maximum absolute atomic E-state index is 11.9. The largest absolute Gasteiger partial charge is 0.346 e. The van der Waals surface area contributed by atoms with E-state index in [2.05, 4.69) is 26.2 Å². The molecule has 2 aromatic rings. The van der Waals surface area contributed by atoms with Crippen LogP contribution in [0, 0.1) is 30.1 Å². The van der Waals surface area contributed by atoms with Gasteiger partial charge in [-0.25, -0.2) is 14.9 Å². The molecule has 0 spiro atoms. The van der Waals surface area contributed by atoms with Crippen molar-refractivity contribution in [2.75, 3.05) is 11.4 Å². The Morgan fingerprint density at radius 2 is 2.17 bits per heavy atom. The van der Waals surface area contributed by atoms with E-state index in [1.807, 2.05) is 13.0 Å². The van der Waals surface area contributed by atoms with E-state index in [-0.39, 0.29) is 11.7 Å². The van der Waals surface area contributed by atoms with E-state index in [9.17, 15) is 4.79 Å². The highest BCUT2D eigenvalue weighted by Crippen LogP contribution is 2.51. The zero-order chi connectivity index (χ0) is 16.8. The summed E-state index contributed by atoms with van der Waals surface area (Å²) in [7, 11) is 1.76. The maximum Gasteiger partial charge on any atom is 0.343 e. The number of pyridine rings is 1. The van der Waals surface area contributed by atoms with Crippen molar-refractivity contribution in [3.05, 3.63) is 39.7 Å². The Morgan fingerprint density at radius 1 is 1.38 bits per heavy atom. The van der Waals surface area contributed by atoms with Crippen LogP contribution >= 0.6 is 0 Å². The standard InChI is InChI=1S/C17H20N6O/c1-10-7-11(8-18)9-19-15(10)23-6-5-13(12-3-4-12)14(23)16-20-21-17(24)22(16)2/h7,9,12-14H,3-6H2,1-2H3,(H,21,24). The number of hydrogen-bond donors (Lipinski definition) is 1. The number of nitrogens with zero attached hydrogens (tertiary/aromatic N) is 5. The Hall–Kier alpha value is -2.62. The summed E-state index contributed by atoms with van der Waals surface area (Å²) >= 11 is 0. The van der Waals surface area contributed by atoms with Crippen molar-refractivity contribution in [1.82, 2.24) is 19.7 Å². The van der Waals surface area contributed by atoms with Crippen LogP contribution in [0.4, 0.5) is 5.82 Å². The zero-order valence-electron chi connectivity index (χ0n) is 13.9. The van der Waals surface area contributed by atoms with Gasteiger partial charge in [0.15, 0.2) is 5.82 Å². The fourth-order valence-corrected chi connectivity index (χ4v) is 3.96. The molecule has 124 valence electrons. The summed E-state index contributed by atoms with van der Waals surface area (Å²) in [6, 6.07) is 4.06. The minimum absolute atomic E-state index is 0.0561. The smallest absolute Gasteiger partial charge is 0.343 e. The molecule has 1 saturated heterocycles. The highest BCUT2D eigenvalue weighted by molar-refractivity contribution is 5.52. The Labute approximate surface area is 139 Å². The van der Waals surface area contributed by atoms with Gasteiger partial charge < -0.3 is 4.90 Å². The molecule has 0 aromatic carbocycles. The number of anilines is 1. The van der Waals surface area contributed by atoms with Gasteiger partial charge in [0.1, 0.15) is 11.9 Å². The Kier molecular flexibility index (Phi) is 3.41. The van der Waals surface area contributed by atoms with E-state index in [0.29, 0.717) is 17.4 Å². The molecule has 2 unspecified atom stereocenters. The fraction of sp³-hybridized carbons (Fsp3) is 0.529. The lowest BCUT2D eigenvalue weighted by atomic mass is 9.94. The van der Waals surface area contributed by atoms with Crippen LogP contribution in [0.2, 0.25) is 0 Å². The van der Waals surface area contributed by atoms with Crippen LogP contribution in [0.5, 0.6) is 0 Å². The van der Waals surface area contributed by atoms with Gasteiger partial charge in [-0.05, 0) is 49.7 Å². The monoisotopic (exact) mass is 324 g/mol. The Morgan fingerprint density at radius 3 is 2.75 bits per heavy atom. The quantitative estimate of drug-likeness (QED) is 0.927. The molecular weight excluding hydrogens is 304 g/mol. The van der Waals surface area contributed by atoms with E-state index in [1.165, 1.54) is 12.8 Å². The summed E-state index contributed by atoms with van der Waals surface area (Å²) in [6.07, 6.45) is 5.21. The topological polar surface area (TPSA) is 90.6 Å². The molecule has 7 heteroatoms. The van der Waals surface area contributed by atoms with Gasteiger partial charge in [-0.15, -0.1) is 0 Å². The van der Waals surface area contributed by atoms with Crippen molar-refractivity contribution in [2.45, 2.75) is 32.2 Å². The molecule has 4 rings (SSSR count). The molecule has 2 aromatic heterocycles. The third-order valence-electron chi connectivity index (χ3n) is 5.30. The molecule has 3 heterocycles. The highest BCUT2D eigenvalue weighted by atomic mass is 16.1. The number of nitrogens with one attached hydrogen (secondary N) is 1. The molecular formula is C17H20N6O. The van der Waals surface area contributed by atoms with Crippen molar-refractivity contribution in [3.63, 3.8) is 0 Å². The van der Waals surface area contributed by atoms with E-state index < -0.39 is 0 Å². The van der Waals surface area contributed by atoms with Gasteiger partial charge in [0.25, 0.3) is 0 Å². The number of hydrogen-bond acceptors (Lipinski definition) is 5. The van der Waals surface area contributed by atoms with Crippen molar-refractivity contribution in [3.8, 4) is 6.07 Å². The molecule has 0 amide bonds. The second kappa shape index (κ2) is 5.48. The molecule has 1 aliphatic carbocycles. The number of H-pyrrole nitrogens is 1. The third-order valence-corrected chi connectivity index (χ3v) is 5.30. The van der Waals surface area contributed by atoms with Gasteiger partial charge in [0.05, 0.1) is 11.6 Å². The van der Waals surface area contributed by atoms with Crippen LogP contribution in [0.1, 0.15) is 42.3 Å². The number of aromatic amines is 1. The van der Waals surface area contributed by atoms with Gasteiger partial charge in [-0.3, -0.25) is 4.57 Å². The van der Waals surface area contributed by atoms with Gasteiger partial charge in [0.2, 0.25) is 0 Å². The average Bonchev–Trinajstić information content (AvgIpc) is 3.26. The first kappa shape index (κ1) is 14.9. The number of rotatable bonds is 3. The van der Waals surface area contributed by atoms with Gasteiger partial charge in [-0.1, -0.05) is 0 Å². The summed E-state index contributed by atoms with van der Waals surface area (Å²) in [5, 5.41) is 15.9. The maximum atomic E-state index is 11.9. The molecule has 1 N–H and O–H groups in total. The third kappa shape index (κ3) is 2.30. The van der Waals surface area contributed by atoms with Crippen molar-refractivity contribution >= 4 is 5.82 Å². The number of aryl methyl sites for hydroxylation is 1. The van der Waals surface area contributed by atoms with E-state index in [1.54, 1.807) is 17.8 Å². The SMILES string of the molecule is Cc1cc(C#N)cnc1N1CCC(C2CC2)C1c1n[nH]c(=O)n1C. The summed E-state index contributed by atoms with van der Waals surface area (Å²) in [4.78, 5) is 18.7. The molecule has 2 atom stereocenters. The normalized spacial score (nSPS) is 23.5. The van der Waals surface area contributed by atoms with E-state index in [0.717, 1.165) is 30.2 Å². The average molecular weight is 324 g/mol. The van der Waals surface area contributed by atoms with Crippen molar-refractivity contribution in [2.24, 2.45) is 18.9 Å². The number of aromatic nitrogens is 4. The van der Waals surface area contributed by atoms with Gasteiger partial charge in [0, 0.05) is 19.8 Å². The van der Waals surface area contributed by atoms with E-state index >= 15 is 0 Å². The summed E-state index contributed by atoms with van der Waals surface area (Å²) in [6.45, 7) is 2.88. The Balaban J connectivity index is 1.78. The second-order valence-corrected chi connectivity index (χ2v) is 6.85. The lowest BCUT2D eigenvalue weighted by Crippen LogP contribution is -2.30. The molecule has 24 heavy (non-hydrogen) atoms. The zero-order valence-corrected chi connectivity index (χ0v) is 13.9. The molecule has 7 nitrogen and oxygen atoms in total. The molecule has 0 bridgehead atoms. The molecule has 2 fully saturated rings. The summed E-state index contributed by atoms with van der Waals surface area (Å²) in [5.41, 5.74) is 1.37. The minimum atomic E-state index is -0.184. The van der Waals surface area contributed by atoms with Crippen LogP contribution in [-0.2, 0) is 7.05 Å². The second-order valence-electron chi connectivity index (χ2n) is 6.85. The lowest BCUT2D eigenvalue weighted by Gasteiger charge is -2.29. The highest BCUT2D eigenvalue weighted by Gasteiger charge is 2.46. The Bertz CT molecular complexity index is 872. The summed E-state index contributed by atoms with van der Waals surface area (Å²) < 4.78 is 1.61. The minimum Gasteiger partial charge on any atom is -0.346 e. The number of nitriles is 1. The van der Waals surface area contributed by atoms with E-state index in [4.69, 9.17) is 5.26 Å². The summed E-state index contributed by atoms with van der Waals surface area (Å²) in [5.74, 6) is 2.87. The van der Waals surface area contributed by atoms with Crippen LogP contribution in [-0.4, -0.2) is 26.3 Å². The van der Waals surface area contributed by atoms with Crippen LogP contribution in [0.25, 0.3) is 0 Å². The first-order chi connectivity index (χ1) is 11.6. The van der Waals surface area contributed by atoms with Crippen molar-refractivity contribution < 1.29 is 0 Å². The predicted octanol–water partition coefficient (Wildman–Crippen LogP) is 1.66. The van der Waals surface area contributed by atoms with Gasteiger partial charge >= 0.3 is 5.69 Å². The van der Waals surface area contributed by atoms with Crippen LogP contribution in [0.3, 0.4) is 0 Å². The fourth-order valence-electron chi connectivity index (χ4n) is 3.96. The molecule has 2 aliphatic rings. The first-order valence-electron chi connectivity index (χ1n) is 8.35. The molecule has 1 aliphatic heterocycles. The molecule has 0 radical (unpaired) electrons.